The van der Waals surface area contributed by atoms with Gasteiger partial charge in [-0.05, 0) is 23.6 Å². The van der Waals surface area contributed by atoms with Gasteiger partial charge in [0.2, 0.25) is 6.79 Å². The largest absolute Gasteiger partial charge is 0.492 e. The fourth-order valence-corrected chi connectivity index (χ4v) is 4.36. The molecule has 1 fully saturated rings. The number of hydrogen-bond acceptors (Lipinski definition) is 7. The van der Waals surface area contributed by atoms with Gasteiger partial charge >= 0.3 is 0 Å². The molecule has 8 nitrogen and oxygen atoms in total. The number of aliphatic imine (C=N–C) groups is 1. The molecule has 162 valence electrons. The highest BCUT2D eigenvalue weighted by atomic mass is 32.1. The number of fused-ring (bicyclic) bond motifs is 1. The molecular weight excluding hydrogens is 404 g/mol. The van der Waals surface area contributed by atoms with Crippen LogP contribution in [0.2, 0.25) is 0 Å². The first-order chi connectivity index (χ1) is 14.8. The van der Waals surface area contributed by atoms with E-state index in [-0.39, 0.29) is 6.79 Å². The van der Waals surface area contributed by atoms with Crippen molar-refractivity contribution in [1.29, 1.82) is 0 Å². The van der Waals surface area contributed by atoms with Gasteiger partial charge in [-0.15, -0.1) is 11.3 Å². The van der Waals surface area contributed by atoms with Crippen LogP contribution in [0, 0.1) is 0 Å². The van der Waals surface area contributed by atoms with Crippen molar-refractivity contribution in [2.24, 2.45) is 4.99 Å². The average molecular weight is 433 g/mol. The molecule has 1 aromatic heterocycles. The molecule has 2 aliphatic rings. The normalized spacial score (nSPS) is 17.6. The van der Waals surface area contributed by atoms with E-state index in [0.29, 0.717) is 19.2 Å². The van der Waals surface area contributed by atoms with Gasteiger partial charge < -0.3 is 29.6 Å². The minimum Gasteiger partial charge on any atom is -0.492 e. The minimum absolute atomic E-state index is 0.263. The van der Waals surface area contributed by atoms with Crippen molar-refractivity contribution in [1.82, 2.24) is 15.5 Å². The van der Waals surface area contributed by atoms with E-state index in [4.69, 9.17) is 18.9 Å². The van der Waals surface area contributed by atoms with Crippen LogP contribution in [0.3, 0.4) is 0 Å². The van der Waals surface area contributed by atoms with Gasteiger partial charge in [-0.3, -0.25) is 9.89 Å². The van der Waals surface area contributed by atoms with Gasteiger partial charge in [-0.2, -0.15) is 0 Å². The highest BCUT2D eigenvalue weighted by Crippen LogP contribution is 2.35. The standard InChI is InChI=1S/C21H28N4O4S/c1-22-21(23-6-9-27-16-4-5-18-19(13-16)29-15-28-18)24-14-17(20-3-2-12-30-20)25-7-10-26-11-8-25/h2-5,12-13,17H,6-11,14-15H2,1H3,(H2,22,23,24). The molecule has 1 saturated heterocycles. The zero-order valence-electron chi connectivity index (χ0n) is 17.1. The monoisotopic (exact) mass is 432 g/mol. The van der Waals surface area contributed by atoms with Crippen molar-refractivity contribution in [3.05, 3.63) is 40.6 Å². The quantitative estimate of drug-likeness (QED) is 0.376. The first kappa shape index (κ1) is 20.8. The van der Waals surface area contributed by atoms with Crippen molar-refractivity contribution in [3.8, 4) is 17.2 Å². The molecule has 0 spiro atoms. The van der Waals surface area contributed by atoms with Crippen LogP contribution in [-0.2, 0) is 4.74 Å². The van der Waals surface area contributed by atoms with E-state index in [1.54, 1.807) is 18.4 Å². The Balaban J connectivity index is 1.23. The van der Waals surface area contributed by atoms with Crippen molar-refractivity contribution in [2.75, 3.05) is 59.8 Å². The maximum absolute atomic E-state index is 5.80. The summed E-state index contributed by atoms with van der Waals surface area (Å²) in [6, 6.07) is 10.2. The zero-order chi connectivity index (χ0) is 20.6. The van der Waals surface area contributed by atoms with Gasteiger partial charge in [0, 0.05) is 37.6 Å². The fourth-order valence-electron chi connectivity index (χ4n) is 3.50. The summed E-state index contributed by atoms with van der Waals surface area (Å²) in [7, 11) is 1.78. The third-order valence-electron chi connectivity index (χ3n) is 5.05. The SMILES string of the molecule is CN=C(NCCOc1ccc2c(c1)OCO2)NCC(c1cccs1)N1CCOCC1. The summed E-state index contributed by atoms with van der Waals surface area (Å²) in [5, 5.41) is 8.90. The molecule has 0 radical (unpaired) electrons. The number of nitrogens with one attached hydrogen (secondary N) is 2. The van der Waals surface area contributed by atoms with Gasteiger partial charge in [0.15, 0.2) is 17.5 Å². The van der Waals surface area contributed by atoms with Crippen LogP contribution in [0.1, 0.15) is 10.9 Å². The van der Waals surface area contributed by atoms with Crippen molar-refractivity contribution >= 4 is 17.3 Å². The number of nitrogens with zero attached hydrogens (tertiary/aromatic N) is 2. The van der Waals surface area contributed by atoms with Crippen LogP contribution in [0.15, 0.2) is 40.7 Å². The molecule has 4 rings (SSSR count). The highest BCUT2D eigenvalue weighted by Gasteiger charge is 2.23. The Hall–Kier alpha value is -2.49. The Kier molecular flexibility index (Phi) is 7.28. The lowest BCUT2D eigenvalue weighted by molar-refractivity contribution is 0.0177. The molecule has 3 heterocycles. The number of thiophene rings is 1. The van der Waals surface area contributed by atoms with Crippen LogP contribution in [-0.4, -0.2) is 70.7 Å². The Labute approximate surface area is 180 Å². The zero-order valence-corrected chi connectivity index (χ0v) is 18.0. The lowest BCUT2D eigenvalue weighted by atomic mass is 10.2. The van der Waals surface area contributed by atoms with Crippen LogP contribution in [0.4, 0.5) is 0 Å². The second-order valence-corrected chi connectivity index (χ2v) is 7.90. The average Bonchev–Trinajstić information content (AvgIpc) is 3.48. The maximum atomic E-state index is 5.80. The molecule has 2 aromatic rings. The van der Waals surface area contributed by atoms with Crippen molar-refractivity contribution in [3.63, 3.8) is 0 Å². The predicted molar refractivity (Wildman–Crippen MR) is 117 cm³/mol. The number of rotatable bonds is 8. The molecule has 9 heteroatoms. The van der Waals surface area contributed by atoms with E-state index in [0.717, 1.165) is 56.1 Å². The summed E-state index contributed by atoms with van der Waals surface area (Å²) in [4.78, 5) is 8.16. The van der Waals surface area contributed by atoms with Crippen LogP contribution < -0.4 is 24.8 Å². The molecule has 0 aliphatic carbocycles. The summed E-state index contributed by atoms with van der Waals surface area (Å²) in [6.45, 7) is 5.65. The summed E-state index contributed by atoms with van der Waals surface area (Å²) in [5.74, 6) is 3.00. The molecule has 0 bridgehead atoms. The smallest absolute Gasteiger partial charge is 0.231 e. The second kappa shape index (κ2) is 10.5. The molecule has 1 atom stereocenters. The lowest BCUT2D eigenvalue weighted by Crippen LogP contribution is -2.46. The van der Waals surface area contributed by atoms with Gasteiger partial charge in [0.05, 0.1) is 25.8 Å². The Morgan fingerprint density at radius 1 is 1.20 bits per heavy atom. The van der Waals surface area contributed by atoms with E-state index in [9.17, 15) is 0 Å². The minimum atomic E-state index is 0.263. The first-order valence-electron chi connectivity index (χ1n) is 10.2. The van der Waals surface area contributed by atoms with Crippen LogP contribution in [0.5, 0.6) is 17.2 Å². The van der Waals surface area contributed by atoms with E-state index < -0.39 is 0 Å². The highest BCUT2D eigenvalue weighted by molar-refractivity contribution is 7.10. The van der Waals surface area contributed by atoms with E-state index >= 15 is 0 Å². The van der Waals surface area contributed by atoms with Gasteiger partial charge in [-0.25, -0.2) is 0 Å². The molecule has 1 unspecified atom stereocenters. The molecule has 2 N–H and O–H groups in total. The molecular formula is C21H28N4O4S. The predicted octanol–water partition coefficient (Wildman–Crippen LogP) is 2.09. The maximum Gasteiger partial charge on any atom is 0.231 e. The summed E-state index contributed by atoms with van der Waals surface area (Å²) >= 11 is 1.79. The van der Waals surface area contributed by atoms with Gasteiger partial charge in [0.25, 0.3) is 0 Å². The molecule has 1 aromatic carbocycles. The van der Waals surface area contributed by atoms with Gasteiger partial charge in [0.1, 0.15) is 12.4 Å². The fraction of sp³-hybridized carbons (Fsp3) is 0.476. The number of guanidine groups is 1. The summed E-state index contributed by atoms with van der Waals surface area (Å²) < 4.78 is 22.0. The second-order valence-electron chi connectivity index (χ2n) is 6.92. The van der Waals surface area contributed by atoms with E-state index in [2.05, 4.69) is 38.0 Å². The number of benzene rings is 1. The Morgan fingerprint density at radius 3 is 2.87 bits per heavy atom. The lowest BCUT2D eigenvalue weighted by Gasteiger charge is -2.34. The number of ether oxygens (including phenoxy) is 4. The summed E-state index contributed by atoms with van der Waals surface area (Å²) in [5.41, 5.74) is 0. The van der Waals surface area contributed by atoms with E-state index in [1.165, 1.54) is 4.88 Å². The van der Waals surface area contributed by atoms with Crippen LogP contribution >= 0.6 is 11.3 Å². The van der Waals surface area contributed by atoms with Crippen LogP contribution in [0.25, 0.3) is 0 Å². The molecule has 2 aliphatic heterocycles. The number of morpholine rings is 1. The topological polar surface area (TPSA) is 76.6 Å². The summed E-state index contributed by atoms with van der Waals surface area (Å²) in [6.07, 6.45) is 0. The molecule has 0 amide bonds. The number of hydrogen-bond donors (Lipinski definition) is 2. The Bertz CT molecular complexity index is 824. The third kappa shape index (κ3) is 5.35. The molecule has 30 heavy (non-hydrogen) atoms. The Morgan fingerprint density at radius 2 is 2.07 bits per heavy atom. The first-order valence-corrected chi connectivity index (χ1v) is 11.0. The third-order valence-corrected chi connectivity index (χ3v) is 6.03. The van der Waals surface area contributed by atoms with Crippen molar-refractivity contribution in [2.45, 2.75) is 6.04 Å². The van der Waals surface area contributed by atoms with Crippen molar-refractivity contribution < 1.29 is 18.9 Å². The van der Waals surface area contributed by atoms with Gasteiger partial charge in [-0.1, -0.05) is 6.07 Å². The molecule has 0 saturated carbocycles. The van der Waals surface area contributed by atoms with E-state index in [1.807, 2.05) is 18.2 Å².